The number of para-hydroxylation sites is 1. The quantitative estimate of drug-likeness (QED) is 0.590. The SMILES string of the molecule is CCOP(=O)(O)OCCOc1ccccc1. The number of benzene rings is 1. The van der Waals surface area contributed by atoms with Crippen molar-refractivity contribution in [1.82, 2.24) is 0 Å². The molecule has 1 atom stereocenters. The van der Waals surface area contributed by atoms with Crippen LogP contribution in [0.15, 0.2) is 30.3 Å². The second-order valence-corrected chi connectivity index (χ2v) is 4.33. The van der Waals surface area contributed by atoms with E-state index >= 15 is 0 Å². The summed E-state index contributed by atoms with van der Waals surface area (Å²) < 4.78 is 25.5. The molecule has 0 heterocycles. The van der Waals surface area contributed by atoms with E-state index in [4.69, 9.17) is 9.63 Å². The summed E-state index contributed by atoms with van der Waals surface area (Å²) in [6, 6.07) is 9.14. The number of phosphoric acid groups is 1. The van der Waals surface area contributed by atoms with Gasteiger partial charge in [-0.15, -0.1) is 0 Å². The molecule has 0 radical (unpaired) electrons. The van der Waals surface area contributed by atoms with Crippen LogP contribution in [0.25, 0.3) is 0 Å². The first-order chi connectivity index (χ1) is 7.64. The maximum absolute atomic E-state index is 11.1. The van der Waals surface area contributed by atoms with Gasteiger partial charge in [0, 0.05) is 0 Å². The summed E-state index contributed by atoms with van der Waals surface area (Å²) in [4.78, 5) is 9.07. The molecule has 0 aliphatic rings. The Kier molecular flexibility index (Phi) is 5.49. The van der Waals surface area contributed by atoms with Crippen molar-refractivity contribution in [3.63, 3.8) is 0 Å². The van der Waals surface area contributed by atoms with Gasteiger partial charge in [-0.25, -0.2) is 4.57 Å². The summed E-state index contributed by atoms with van der Waals surface area (Å²) in [5.41, 5.74) is 0. The molecule has 0 aromatic heterocycles. The summed E-state index contributed by atoms with van der Waals surface area (Å²) >= 11 is 0. The summed E-state index contributed by atoms with van der Waals surface area (Å²) in [7, 11) is -3.89. The summed E-state index contributed by atoms with van der Waals surface area (Å²) in [6.07, 6.45) is 0. The van der Waals surface area contributed by atoms with Gasteiger partial charge in [0.1, 0.15) is 12.4 Å². The van der Waals surface area contributed by atoms with Crippen LogP contribution < -0.4 is 4.74 Å². The first kappa shape index (κ1) is 13.2. The molecular weight excluding hydrogens is 231 g/mol. The van der Waals surface area contributed by atoms with Gasteiger partial charge in [-0.1, -0.05) is 18.2 Å². The van der Waals surface area contributed by atoms with Crippen LogP contribution in [0.5, 0.6) is 5.75 Å². The number of phosphoric ester groups is 1. The van der Waals surface area contributed by atoms with Gasteiger partial charge in [-0.2, -0.15) is 0 Å². The molecule has 0 amide bonds. The Morgan fingerprint density at radius 1 is 1.19 bits per heavy atom. The monoisotopic (exact) mass is 246 g/mol. The van der Waals surface area contributed by atoms with E-state index in [-0.39, 0.29) is 19.8 Å². The normalized spacial score (nSPS) is 14.4. The number of ether oxygens (including phenoxy) is 1. The lowest BCUT2D eigenvalue weighted by Crippen LogP contribution is -2.06. The van der Waals surface area contributed by atoms with Crippen LogP contribution in [0.1, 0.15) is 6.92 Å². The van der Waals surface area contributed by atoms with Crippen LogP contribution in [0.4, 0.5) is 0 Å². The van der Waals surface area contributed by atoms with Crippen LogP contribution in [0, 0.1) is 0 Å². The highest BCUT2D eigenvalue weighted by molar-refractivity contribution is 7.47. The Labute approximate surface area is 94.6 Å². The van der Waals surface area contributed by atoms with Crippen LogP contribution in [0.3, 0.4) is 0 Å². The van der Waals surface area contributed by atoms with Crippen LogP contribution in [-0.2, 0) is 13.6 Å². The molecule has 0 saturated carbocycles. The van der Waals surface area contributed by atoms with E-state index in [2.05, 4.69) is 9.05 Å². The lowest BCUT2D eigenvalue weighted by Gasteiger charge is -2.11. The van der Waals surface area contributed by atoms with E-state index in [0.717, 1.165) is 0 Å². The molecule has 16 heavy (non-hydrogen) atoms. The van der Waals surface area contributed by atoms with Gasteiger partial charge in [0.2, 0.25) is 0 Å². The fourth-order valence-corrected chi connectivity index (χ4v) is 1.74. The number of hydrogen-bond donors (Lipinski definition) is 1. The van der Waals surface area contributed by atoms with Crippen molar-refractivity contribution >= 4 is 7.82 Å². The van der Waals surface area contributed by atoms with Crippen molar-refractivity contribution in [3.8, 4) is 5.75 Å². The molecule has 1 unspecified atom stereocenters. The van der Waals surface area contributed by atoms with Crippen LogP contribution >= 0.6 is 7.82 Å². The zero-order chi connectivity index (χ0) is 11.9. The first-order valence-corrected chi connectivity index (χ1v) is 6.43. The first-order valence-electron chi connectivity index (χ1n) is 4.94. The van der Waals surface area contributed by atoms with Crippen molar-refractivity contribution in [3.05, 3.63) is 30.3 Å². The molecular formula is C10H15O5P. The predicted octanol–water partition coefficient (Wildman–Crippen LogP) is 2.22. The Bertz CT molecular complexity index is 340. The third-order valence-electron chi connectivity index (χ3n) is 1.64. The van der Waals surface area contributed by atoms with Crippen LogP contribution in [-0.4, -0.2) is 24.7 Å². The molecule has 0 fully saturated rings. The van der Waals surface area contributed by atoms with Crippen molar-refractivity contribution < 1.29 is 23.2 Å². The summed E-state index contributed by atoms with van der Waals surface area (Å²) in [6.45, 7) is 1.95. The minimum atomic E-state index is -3.89. The Morgan fingerprint density at radius 3 is 2.50 bits per heavy atom. The zero-order valence-corrected chi connectivity index (χ0v) is 9.93. The largest absolute Gasteiger partial charge is 0.491 e. The molecule has 6 heteroatoms. The van der Waals surface area contributed by atoms with Crippen LogP contribution in [0.2, 0.25) is 0 Å². The molecule has 0 aliphatic carbocycles. The molecule has 0 bridgehead atoms. The highest BCUT2D eigenvalue weighted by Crippen LogP contribution is 2.42. The lowest BCUT2D eigenvalue weighted by molar-refractivity contribution is 0.133. The van der Waals surface area contributed by atoms with Gasteiger partial charge in [0.25, 0.3) is 0 Å². The third-order valence-corrected chi connectivity index (χ3v) is 2.74. The van der Waals surface area contributed by atoms with E-state index in [0.29, 0.717) is 5.75 Å². The average Bonchev–Trinajstić information content (AvgIpc) is 2.26. The highest BCUT2D eigenvalue weighted by Gasteiger charge is 2.19. The lowest BCUT2D eigenvalue weighted by atomic mass is 10.3. The van der Waals surface area contributed by atoms with Crippen molar-refractivity contribution in [2.24, 2.45) is 0 Å². The average molecular weight is 246 g/mol. The Morgan fingerprint density at radius 2 is 1.88 bits per heavy atom. The number of hydrogen-bond acceptors (Lipinski definition) is 4. The van der Waals surface area contributed by atoms with E-state index in [1.165, 1.54) is 0 Å². The second kappa shape index (κ2) is 6.66. The van der Waals surface area contributed by atoms with Gasteiger partial charge >= 0.3 is 7.82 Å². The minimum Gasteiger partial charge on any atom is -0.491 e. The molecule has 5 nitrogen and oxygen atoms in total. The zero-order valence-electron chi connectivity index (χ0n) is 9.04. The number of rotatable bonds is 7. The fourth-order valence-electron chi connectivity index (χ4n) is 1.03. The smallest absolute Gasteiger partial charge is 0.472 e. The maximum atomic E-state index is 11.1. The maximum Gasteiger partial charge on any atom is 0.472 e. The van der Waals surface area contributed by atoms with Crippen molar-refractivity contribution in [1.29, 1.82) is 0 Å². The molecule has 90 valence electrons. The molecule has 0 spiro atoms. The van der Waals surface area contributed by atoms with Gasteiger partial charge in [0.05, 0.1) is 13.2 Å². The Hall–Kier alpha value is -0.870. The van der Waals surface area contributed by atoms with E-state index in [1.807, 2.05) is 18.2 Å². The molecule has 0 aliphatic heterocycles. The second-order valence-electron chi connectivity index (χ2n) is 2.88. The van der Waals surface area contributed by atoms with Gasteiger partial charge in [-0.3, -0.25) is 9.05 Å². The van der Waals surface area contributed by atoms with Crippen molar-refractivity contribution in [2.75, 3.05) is 19.8 Å². The molecule has 1 aromatic carbocycles. The minimum absolute atomic E-state index is 0.00265. The Balaban J connectivity index is 2.20. The topological polar surface area (TPSA) is 65.0 Å². The molecule has 1 aromatic rings. The van der Waals surface area contributed by atoms with E-state index < -0.39 is 7.82 Å². The molecule has 1 rings (SSSR count). The fraction of sp³-hybridized carbons (Fsp3) is 0.400. The molecule has 1 N–H and O–H groups in total. The standard InChI is InChI=1S/C10H15O5P/c1-2-14-16(11,12)15-9-8-13-10-6-4-3-5-7-10/h3-7H,2,8-9H2,1H3,(H,11,12). The highest BCUT2D eigenvalue weighted by atomic mass is 31.2. The van der Waals surface area contributed by atoms with Crippen molar-refractivity contribution in [2.45, 2.75) is 6.92 Å². The van der Waals surface area contributed by atoms with Gasteiger partial charge < -0.3 is 9.63 Å². The van der Waals surface area contributed by atoms with E-state index in [9.17, 15) is 4.57 Å². The predicted molar refractivity (Wildman–Crippen MR) is 59.3 cm³/mol. The van der Waals surface area contributed by atoms with E-state index in [1.54, 1.807) is 19.1 Å². The molecule has 0 saturated heterocycles. The summed E-state index contributed by atoms with van der Waals surface area (Å²) in [5.74, 6) is 0.690. The third kappa shape index (κ3) is 5.28. The van der Waals surface area contributed by atoms with Gasteiger partial charge in [0.15, 0.2) is 0 Å². The summed E-state index contributed by atoms with van der Waals surface area (Å²) in [5, 5.41) is 0. The van der Waals surface area contributed by atoms with Gasteiger partial charge in [-0.05, 0) is 19.1 Å².